The number of ether oxygens (including phenoxy) is 1. The molecule has 0 spiro atoms. The van der Waals surface area contributed by atoms with Crippen LogP contribution in [0.1, 0.15) is 36.0 Å². The summed E-state index contributed by atoms with van der Waals surface area (Å²) in [5.74, 6) is -3.79. The number of piperazine rings is 1. The van der Waals surface area contributed by atoms with Gasteiger partial charge in [-0.1, -0.05) is 6.07 Å². The van der Waals surface area contributed by atoms with E-state index >= 15 is 0 Å². The van der Waals surface area contributed by atoms with Gasteiger partial charge in [-0.3, -0.25) is 14.4 Å². The van der Waals surface area contributed by atoms with Gasteiger partial charge in [0.05, 0.1) is 26.1 Å². The van der Waals surface area contributed by atoms with Crippen molar-refractivity contribution in [1.29, 1.82) is 0 Å². The Morgan fingerprint density at radius 1 is 0.884 bits per heavy atom. The number of carbonyl (C=O) groups is 3. The van der Waals surface area contributed by atoms with Gasteiger partial charge in [-0.25, -0.2) is 0 Å². The van der Waals surface area contributed by atoms with Crippen LogP contribution in [0.2, 0.25) is 0 Å². The highest BCUT2D eigenvalue weighted by Crippen LogP contribution is 2.38. The minimum Gasteiger partial charge on any atom is -0.481 e. The molecule has 1 aliphatic carbocycles. The quantitative estimate of drug-likeness (QED) is 0.397. The lowest BCUT2D eigenvalue weighted by Gasteiger charge is -2.42. The fraction of sp³-hybridized carbons (Fsp3) is 0.531. The van der Waals surface area contributed by atoms with E-state index in [4.69, 9.17) is 4.74 Å². The first-order chi connectivity index (χ1) is 20.6. The van der Waals surface area contributed by atoms with Crippen molar-refractivity contribution in [3.05, 3.63) is 53.1 Å². The summed E-state index contributed by atoms with van der Waals surface area (Å²) in [7, 11) is 2.11. The summed E-state index contributed by atoms with van der Waals surface area (Å²) in [5.41, 5.74) is 3.60. The highest BCUT2D eigenvalue weighted by molar-refractivity contribution is 6.03. The Labute approximate surface area is 252 Å². The lowest BCUT2D eigenvalue weighted by molar-refractivity contribution is -0.157. The van der Waals surface area contributed by atoms with Crippen LogP contribution in [0.25, 0.3) is 0 Å². The molecule has 232 valence electrons. The predicted molar refractivity (Wildman–Crippen MR) is 163 cm³/mol. The topological polar surface area (TPSA) is 134 Å². The molecule has 1 atom stereocenters. The van der Waals surface area contributed by atoms with Crippen LogP contribution in [-0.2, 0) is 32.0 Å². The summed E-state index contributed by atoms with van der Waals surface area (Å²) >= 11 is 0. The third kappa shape index (κ3) is 6.79. The van der Waals surface area contributed by atoms with Gasteiger partial charge in [0.15, 0.2) is 5.60 Å². The van der Waals surface area contributed by atoms with Crippen molar-refractivity contribution in [2.45, 2.75) is 50.7 Å². The number of morpholine rings is 1. The molecule has 11 heteroatoms. The molecule has 43 heavy (non-hydrogen) atoms. The number of aryl methyl sites for hydroxylation is 1. The number of carbonyl (C=O) groups excluding carboxylic acids is 1. The molecular formula is C32H42N4O7. The predicted octanol–water partition coefficient (Wildman–Crippen LogP) is 2.15. The van der Waals surface area contributed by atoms with E-state index in [-0.39, 0.29) is 0 Å². The van der Waals surface area contributed by atoms with Crippen LogP contribution in [0.4, 0.5) is 17.1 Å². The fourth-order valence-corrected chi connectivity index (χ4v) is 6.66. The van der Waals surface area contributed by atoms with E-state index in [9.17, 15) is 29.7 Å². The van der Waals surface area contributed by atoms with E-state index in [0.29, 0.717) is 38.2 Å². The van der Waals surface area contributed by atoms with Gasteiger partial charge in [-0.15, -0.1) is 0 Å². The molecule has 11 nitrogen and oxygen atoms in total. The minimum absolute atomic E-state index is 0.406. The molecule has 3 N–H and O–H groups in total. The minimum atomic E-state index is -2.60. The molecule has 1 amide bonds. The Kier molecular flexibility index (Phi) is 9.24. The zero-order valence-electron chi connectivity index (χ0n) is 25.0. The van der Waals surface area contributed by atoms with Crippen molar-refractivity contribution in [3.8, 4) is 0 Å². The molecule has 0 radical (unpaired) electrons. The van der Waals surface area contributed by atoms with E-state index in [1.165, 1.54) is 16.0 Å². The number of benzene rings is 2. The molecule has 5 rings (SSSR count). The maximum absolute atomic E-state index is 14.2. The Balaban J connectivity index is 1.53. The van der Waals surface area contributed by atoms with Crippen molar-refractivity contribution < 1.29 is 34.4 Å². The number of hydrogen-bond acceptors (Lipinski definition) is 8. The van der Waals surface area contributed by atoms with Crippen molar-refractivity contribution in [2.75, 3.05) is 74.2 Å². The molecule has 3 aliphatic rings. The SMILES string of the molecule is Cc1ccc(N2CCN(C)CC2)c2c1CCC(N(C(=O)C(O)(CC(=O)O)CC(=O)O)c1ccc(N3CCOCC3)cc1)C2. The summed E-state index contributed by atoms with van der Waals surface area (Å²) < 4.78 is 5.47. The summed E-state index contributed by atoms with van der Waals surface area (Å²) in [4.78, 5) is 46.1. The number of nitrogens with zero attached hydrogens (tertiary/aromatic N) is 4. The Morgan fingerprint density at radius 3 is 2.12 bits per heavy atom. The van der Waals surface area contributed by atoms with Crippen LogP contribution in [-0.4, -0.2) is 109 Å². The number of aliphatic hydroxyl groups is 1. The molecule has 2 aliphatic heterocycles. The van der Waals surface area contributed by atoms with E-state index in [1.54, 1.807) is 12.1 Å². The zero-order chi connectivity index (χ0) is 30.7. The molecule has 2 aromatic rings. The molecule has 2 fully saturated rings. The van der Waals surface area contributed by atoms with Crippen LogP contribution in [0.3, 0.4) is 0 Å². The fourth-order valence-electron chi connectivity index (χ4n) is 6.66. The van der Waals surface area contributed by atoms with Gasteiger partial charge in [-0.05, 0) is 80.3 Å². The molecule has 2 aromatic carbocycles. The third-order valence-corrected chi connectivity index (χ3v) is 9.03. The maximum atomic E-state index is 14.2. The molecule has 2 heterocycles. The van der Waals surface area contributed by atoms with E-state index in [1.807, 2.05) is 12.1 Å². The van der Waals surface area contributed by atoms with Crippen molar-refractivity contribution in [1.82, 2.24) is 4.90 Å². The number of likely N-dealkylation sites (N-methyl/N-ethyl adjacent to an activating group) is 1. The highest BCUT2D eigenvalue weighted by Gasteiger charge is 2.46. The number of hydrogen-bond donors (Lipinski definition) is 3. The summed E-state index contributed by atoms with van der Waals surface area (Å²) in [6.07, 6.45) is -0.205. The third-order valence-electron chi connectivity index (χ3n) is 9.03. The van der Waals surface area contributed by atoms with Gasteiger partial charge in [0.25, 0.3) is 5.91 Å². The van der Waals surface area contributed by atoms with Gasteiger partial charge >= 0.3 is 11.9 Å². The van der Waals surface area contributed by atoms with Crippen LogP contribution in [0.5, 0.6) is 0 Å². The molecule has 0 saturated carbocycles. The monoisotopic (exact) mass is 594 g/mol. The van der Waals surface area contributed by atoms with Crippen molar-refractivity contribution in [2.24, 2.45) is 0 Å². The number of amides is 1. The van der Waals surface area contributed by atoms with Gasteiger partial charge in [0.2, 0.25) is 0 Å². The lowest BCUT2D eigenvalue weighted by Crippen LogP contribution is -2.56. The van der Waals surface area contributed by atoms with Crippen LogP contribution in [0.15, 0.2) is 36.4 Å². The normalized spacial score (nSPS) is 19.6. The van der Waals surface area contributed by atoms with Gasteiger partial charge in [0, 0.05) is 62.4 Å². The first-order valence-corrected chi connectivity index (χ1v) is 15.0. The number of carboxylic acid groups (broad SMARTS) is 2. The Bertz CT molecular complexity index is 1320. The number of aliphatic carboxylic acids is 2. The number of carboxylic acids is 2. The van der Waals surface area contributed by atoms with Gasteiger partial charge in [-0.2, -0.15) is 0 Å². The van der Waals surface area contributed by atoms with Gasteiger partial charge in [0.1, 0.15) is 0 Å². The largest absolute Gasteiger partial charge is 0.481 e. The molecule has 1 unspecified atom stereocenters. The van der Waals surface area contributed by atoms with Crippen LogP contribution < -0.4 is 14.7 Å². The Hall–Kier alpha value is -3.67. The van der Waals surface area contributed by atoms with E-state index < -0.39 is 42.3 Å². The number of rotatable bonds is 9. The molecule has 0 bridgehead atoms. The summed E-state index contributed by atoms with van der Waals surface area (Å²) in [5, 5.41) is 30.5. The number of fused-ring (bicyclic) bond motifs is 1. The average molecular weight is 595 g/mol. The van der Waals surface area contributed by atoms with E-state index in [2.05, 4.69) is 40.8 Å². The standard InChI is InChI=1S/C32H42N4O7/c1-22-3-10-28(35-13-11-33(2)12-14-35)27-19-25(8-9-26(22)27)36(31(41)32(42,20-29(37)38)21-30(39)40)24-6-4-23(5-7-24)34-15-17-43-18-16-34/h3-7,10,25,42H,8-9,11-21H2,1-2H3,(H,37,38)(H,39,40). The smallest absolute Gasteiger partial charge is 0.306 e. The first-order valence-electron chi connectivity index (χ1n) is 15.0. The molecule has 2 saturated heterocycles. The molecule has 0 aromatic heterocycles. The lowest BCUT2D eigenvalue weighted by atomic mass is 9.82. The van der Waals surface area contributed by atoms with Crippen LogP contribution in [0, 0.1) is 6.92 Å². The second kappa shape index (κ2) is 12.9. The molecular weight excluding hydrogens is 552 g/mol. The second-order valence-corrected chi connectivity index (χ2v) is 12.0. The van der Waals surface area contributed by atoms with Crippen molar-refractivity contribution >= 4 is 34.9 Å². The number of anilines is 3. The van der Waals surface area contributed by atoms with Crippen molar-refractivity contribution in [3.63, 3.8) is 0 Å². The highest BCUT2D eigenvalue weighted by atomic mass is 16.5. The summed E-state index contributed by atoms with van der Waals surface area (Å²) in [6.45, 7) is 8.50. The van der Waals surface area contributed by atoms with Gasteiger partial charge < -0.3 is 39.7 Å². The average Bonchev–Trinajstić information content (AvgIpc) is 2.98. The first kappa shape index (κ1) is 30.8. The van der Waals surface area contributed by atoms with Crippen LogP contribution >= 0.6 is 0 Å². The Morgan fingerprint density at radius 2 is 1.51 bits per heavy atom. The second-order valence-electron chi connectivity index (χ2n) is 12.0. The zero-order valence-corrected chi connectivity index (χ0v) is 25.0. The van der Waals surface area contributed by atoms with E-state index in [0.717, 1.165) is 56.2 Å². The summed E-state index contributed by atoms with van der Waals surface area (Å²) in [6, 6.07) is 11.3. The maximum Gasteiger partial charge on any atom is 0.306 e.